The first-order chi connectivity index (χ1) is 22.9. The number of hydrogen-bond acceptors (Lipinski definition) is 7. The van der Waals surface area contributed by atoms with Crippen LogP contribution in [0.2, 0.25) is 0 Å². The molecule has 14 heteroatoms. The molecular formula is C34H29F4N5O4S. The zero-order chi connectivity index (χ0) is 34.1. The summed E-state index contributed by atoms with van der Waals surface area (Å²) in [6.07, 6.45) is -3.63. The SMILES string of the molecule is Nc1ccc(S(=O)(=O)Nc2ccc(C(=O)N3CCN(Cc4cccc(F)c4)CC3)cc2OC(F)(F)F)c(-c2cccc3cccnc23)c1. The van der Waals surface area contributed by atoms with E-state index in [1.807, 2.05) is 4.90 Å². The number of fused-ring (bicyclic) bond motifs is 1. The Balaban J connectivity index is 1.26. The van der Waals surface area contributed by atoms with Gasteiger partial charge in [-0.2, -0.15) is 0 Å². The molecule has 0 aliphatic carbocycles. The van der Waals surface area contributed by atoms with Crippen LogP contribution in [0, 0.1) is 5.82 Å². The lowest BCUT2D eigenvalue weighted by Crippen LogP contribution is -2.48. The van der Waals surface area contributed by atoms with E-state index < -0.39 is 33.7 Å². The van der Waals surface area contributed by atoms with E-state index in [2.05, 4.69) is 14.4 Å². The summed E-state index contributed by atoms with van der Waals surface area (Å²) in [5, 5.41) is 0.739. The van der Waals surface area contributed by atoms with Crippen LogP contribution in [0.15, 0.2) is 102 Å². The first-order valence-corrected chi connectivity index (χ1v) is 16.3. The monoisotopic (exact) mass is 679 g/mol. The molecule has 0 atom stereocenters. The molecule has 1 fully saturated rings. The predicted octanol–water partition coefficient (Wildman–Crippen LogP) is 6.28. The maximum atomic E-state index is 13.8. The number of alkyl halides is 3. The highest BCUT2D eigenvalue weighted by Crippen LogP contribution is 2.37. The lowest BCUT2D eigenvalue weighted by Gasteiger charge is -2.35. The molecular weight excluding hydrogens is 650 g/mol. The number of pyridine rings is 1. The molecule has 1 aromatic heterocycles. The number of piperazine rings is 1. The van der Waals surface area contributed by atoms with Crippen LogP contribution in [0.25, 0.3) is 22.0 Å². The summed E-state index contributed by atoms with van der Waals surface area (Å²) in [4.78, 5) is 21.0. The Morgan fingerprint density at radius 3 is 2.40 bits per heavy atom. The van der Waals surface area contributed by atoms with Gasteiger partial charge in [-0.15, -0.1) is 13.2 Å². The third kappa shape index (κ3) is 7.34. The summed E-state index contributed by atoms with van der Waals surface area (Å²) in [7, 11) is -4.55. The largest absolute Gasteiger partial charge is 0.573 e. The molecule has 0 bridgehead atoms. The molecule has 1 saturated heterocycles. The maximum absolute atomic E-state index is 13.8. The Labute approximate surface area is 273 Å². The van der Waals surface area contributed by atoms with Gasteiger partial charge < -0.3 is 15.4 Å². The third-order valence-electron chi connectivity index (χ3n) is 7.87. The molecule has 4 aromatic carbocycles. The van der Waals surface area contributed by atoms with E-state index in [-0.39, 0.29) is 40.6 Å². The quantitative estimate of drug-likeness (QED) is 0.146. The third-order valence-corrected chi connectivity index (χ3v) is 9.29. The number of halogens is 4. The van der Waals surface area contributed by atoms with Gasteiger partial charge in [0.15, 0.2) is 5.75 Å². The van der Waals surface area contributed by atoms with Gasteiger partial charge in [-0.25, -0.2) is 12.8 Å². The number of hydrogen-bond donors (Lipinski definition) is 2. The number of para-hydroxylation sites is 1. The molecule has 0 unspecified atom stereocenters. The summed E-state index contributed by atoms with van der Waals surface area (Å²) in [5.74, 6) is -1.79. The summed E-state index contributed by atoms with van der Waals surface area (Å²) in [5.41, 5.74) is 7.55. The van der Waals surface area contributed by atoms with Crippen molar-refractivity contribution < 1.29 is 35.5 Å². The molecule has 1 aliphatic heterocycles. The summed E-state index contributed by atoms with van der Waals surface area (Å²) >= 11 is 0. The summed E-state index contributed by atoms with van der Waals surface area (Å²) in [6, 6.07) is 22.2. The molecule has 248 valence electrons. The fourth-order valence-corrected chi connectivity index (χ4v) is 6.92. The van der Waals surface area contributed by atoms with Crippen LogP contribution in [0.5, 0.6) is 5.75 Å². The van der Waals surface area contributed by atoms with Crippen molar-refractivity contribution in [2.45, 2.75) is 17.8 Å². The summed E-state index contributed by atoms with van der Waals surface area (Å²) < 4.78 is 88.2. The minimum atomic E-state index is -5.19. The number of carbonyl (C=O) groups is 1. The van der Waals surface area contributed by atoms with Gasteiger partial charge in [0.05, 0.1) is 16.1 Å². The van der Waals surface area contributed by atoms with Gasteiger partial charge in [-0.3, -0.25) is 19.4 Å². The van der Waals surface area contributed by atoms with Gasteiger partial charge in [0, 0.05) is 66.7 Å². The topological polar surface area (TPSA) is 118 Å². The van der Waals surface area contributed by atoms with Crippen LogP contribution in [0.1, 0.15) is 15.9 Å². The van der Waals surface area contributed by atoms with Crippen LogP contribution in [0.3, 0.4) is 0 Å². The zero-order valence-electron chi connectivity index (χ0n) is 25.2. The van der Waals surface area contributed by atoms with Crippen LogP contribution in [0.4, 0.5) is 28.9 Å². The van der Waals surface area contributed by atoms with E-state index in [0.717, 1.165) is 23.1 Å². The number of anilines is 2. The molecule has 2 heterocycles. The average Bonchev–Trinajstić information content (AvgIpc) is 3.04. The first kappa shape index (κ1) is 32.7. The smallest absolute Gasteiger partial charge is 0.404 e. The van der Waals surface area contributed by atoms with Crippen molar-refractivity contribution in [1.29, 1.82) is 0 Å². The fourth-order valence-electron chi connectivity index (χ4n) is 5.65. The highest BCUT2D eigenvalue weighted by Gasteiger charge is 2.34. The van der Waals surface area contributed by atoms with Crippen molar-refractivity contribution in [1.82, 2.24) is 14.8 Å². The second-order valence-corrected chi connectivity index (χ2v) is 12.8. The van der Waals surface area contributed by atoms with E-state index in [1.165, 1.54) is 41.3 Å². The number of ether oxygens (including phenoxy) is 1. The van der Waals surface area contributed by atoms with E-state index >= 15 is 0 Å². The van der Waals surface area contributed by atoms with Gasteiger partial charge in [-0.1, -0.05) is 36.4 Å². The Morgan fingerprint density at radius 2 is 1.65 bits per heavy atom. The number of benzene rings is 4. The maximum Gasteiger partial charge on any atom is 0.573 e. The van der Waals surface area contributed by atoms with E-state index in [0.29, 0.717) is 30.7 Å². The average molecular weight is 680 g/mol. The van der Waals surface area contributed by atoms with Gasteiger partial charge >= 0.3 is 6.36 Å². The number of sulfonamides is 1. The molecule has 5 aromatic rings. The van der Waals surface area contributed by atoms with Crippen molar-refractivity contribution in [3.8, 4) is 16.9 Å². The number of nitrogen functional groups attached to an aromatic ring is 1. The lowest BCUT2D eigenvalue weighted by atomic mass is 10.0. The molecule has 0 saturated carbocycles. The number of nitrogens with two attached hydrogens (primary N) is 1. The van der Waals surface area contributed by atoms with Crippen LogP contribution in [-0.4, -0.2) is 61.7 Å². The van der Waals surface area contributed by atoms with Gasteiger partial charge in [-0.05, 0) is 60.2 Å². The van der Waals surface area contributed by atoms with Crippen molar-refractivity contribution in [2.75, 3.05) is 36.6 Å². The van der Waals surface area contributed by atoms with Gasteiger partial charge in [0.1, 0.15) is 5.82 Å². The molecule has 3 N–H and O–H groups in total. The number of amides is 1. The van der Waals surface area contributed by atoms with E-state index in [1.54, 1.807) is 48.7 Å². The first-order valence-electron chi connectivity index (χ1n) is 14.8. The molecule has 0 spiro atoms. The Bertz CT molecular complexity index is 2100. The van der Waals surface area contributed by atoms with Gasteiger partial charge in [0.2, 0.25) is 0 Å². The summed E-state index contributed by atoms with van der Waals surface area (Å²) in [6.45, 7) is 1.96. The van der Waals surface area contributed by atoms with Crippen LogP contribution < -0.4 is 15.2 Å². The Kier molecular flexibility index (Phi) is 8.95. The Hall–Kier alpha value is -5.21. The van der Waals surface area contributed by atoms with Crippen molar-refractivity contribution in [3.05, 3.63) is 114 Å². The minimum absolute atomic E-state index is 0.120. The standard InChI is InChI=1S/C34H29F4N5O4S/c35-25-7-1-4-22(18-25)21-42-14-16-43(17-15-42)33(44)24-9-11-29(30(19-24)47-34(36,37)38)41-48(45,46)31-12-10-26(39)20-28(31)27-8-2-5-23-6-3-13-40-32(23)27/h1-13,18-20,41H,14-17,21,39H2. The fraction of sp³-hybridized carbons (Fsp3) is 0.176. The molecule has 9 nitrogen and oxygen atoms in total. The molecule has 48 heavy (non-hydrogen) atoms. The molecule has 6 rings (SSSR count). The Morgan fingerprint density at radius 1 is 0.896 bits per heavy atom. The lowest BCUT2D eigenvalue weighted by molar-refractivity contribution is -0.274. The van der Waals surface area contributed by atoms with E-state index in [9.17, 15) is 30.8 Å². The normalized spacial score (nSPS) is 14.2. The second kappa shape index (κ2) is 13.1. The highest BCUT2D eigenvalue weighted by molar-refractivity contribution is 7.92. The number of rotatable bonds is 8. The molecule has 1 aliphatic rings. The van der Waals surface area contributed by atoms with E-state index in [4.69, 9.17) is 5.73 Å². The predicted molar refractivity (Wildman–Crippen MR) is 173 cm³/mol. The van der Waals surface area contributed by atoms with Crippen molar-refractivity contribution in [3.63, 3.8) is 0 Å². The molecule has 1 amide bonds. The van der Waals surface area contributed by atoms with Crippen LogP contribution >= 0.6 is 0 Å². The number of carbonyl (C=O) groups excluding carboxylic acids is 1. The number of nitrogens with one attached hydrogen (secondary N) is 1. The highest BCUT2D eigenvalue weighted by atomic mass is 32.2. The van der Waals surface area contributed by atoms with Crippen molar-refractivity contribution in [2.24, 2.45) is 0 Å². The van der Waals surface area contributed by atoms with Gasteiger partial charge in [0.25, 0.3) is 15.9 Å². The number of nitrogens with zero attached hydrogens (tertiary/aromatic N) is 3. The molecule has 0 radical (unpaired) electrons. The number of aromatic nitrogens is 1. The van der Waals surface area contributed by atoms with Crippen molar-refractivity contribution >= 4 is 38.2 Å². The minimum Gasteiger partial charge on any atom is -0.404 e. The zero-order valence-corrected chi connectivity index (χ0v) is 26.1. The second-order valence-electron chi connectivity index (χ2n) is 11.2. The van der Waals surface area contributed by atoms with Crippen LogP contribution in [-0.2, 0) is 16.6 Å².